The van der Waals surface area contributed by atoms with E-state index in [1.54, 1.807) is 41.3 Å². The molecule has 0 aliphatic heterocycles. The van der Waals surface area contributed by atoms with Crippen molar-refractivity contribution in [1.82, 2.24) is 14.9 Å². The minimum atomic E-state index is -0.294. The van der Waals surface area contributed by atoms with Crippen LogP contribution in [0.2, 0.25) is 0 Å². The van der Waals surface area contributed by atoms with Gasteiger partial charge in [-0.2, -0.15) is 0 Å². The van der Waals surface area contributed by atoms with Gasteiger partial charge in [-0.1, -0.05) is 12.1 Å². The number of benzene rings is 2. The summed E-state index contributed by atoms with van der Waals surface area (Å²) < 4.78 is 5.69. The van der Waals surface area contributed by atoms with Crippen LogP contribution in [0.1, 0.15) is 6.92 Å². The number of aromatic nitrogens is 2. The summed E-state index contributed by atoms with van der Waals surface area (Å²) in [6, 6.07) is 12.2. The quantitative estimate of drug-likeness (QED) is 0.384. The monoisotopic (exact) mass is 426 g/mol. The number of fused-ring (bicyclic) bond motifs is 1. The number of aromatic amines is 1. The standard InChI is InChI=1S/C22H26N4O5/c1-2-31-19-8-7-15(23-20(29)14-26(9-11-27)10-12-28)13-17(19)21-24-18-6-4-3-5-16(18)22(30)25-21/h3-8,13,27-28H,2,9-12,14H2,1H3,(H,23,29)(H,24,25,30). The first kappa shape index (κ1) is 22.4. The maximum absolute atomic E-state index is 12.5. The van der Waals surface area contributed by atoms with Crippen molar-refractivity contribution in [2.45, 2.75) is 6.92 Å². The molecular formula is C22H26N4O5. The Bertz CT molecular complexity index is 1090. The van der Waals surface area contributed by atoms with Gasteiger partial charge in [0, 0.05) is 18.8 Å². The van der Waals surface area contributed by atoms with Gasteiger partial charge in [-0.05, 0) is 37.3 Å². The lowest BCUT2D eigenvalue weighted by Gasteiger charge is -2.19. The first-order valence-corrected chi connectivity index (χ1v) is 10.1. The Morgan fingerprint density at radius 2 is 1.90 bits per heavy atom. The van der Waals surface area contributed by atoms with Gasteiger partial charge in [0.05, 0.1) is 42.8 Å². The number of amides is 1. The number of ether oxygens (including phenoxy) is 1. The molecule has 0 saturated carbocycles. The van der Waals surface area contributed by atoms with Crippen LogP contribution in [0.5, 0.6) is 5.75 Å². The van der Waals surface area contributed by atoms with Crippen molar-refractivity contribution >= 4 is 22.5 Å². The van der Waals surface area contributed by atoms with Crippen LogP contribution in [0.15, 0.2) is 47.3 Å². The molecule has 0 spiro atoms. The second-order valence-corrected chi connectivity index (χ2v) is 6.85. The molecule has 4 N–H and O–H groups in total. The van der Waals surface area contributed by atoms with Gasteiger partial charge in [0.25, 0.3) is 5.56 Å². The van der Waals surface area contributed by atoms with Crippen LogP contribution in [0.4, 0.5) is 5.69 Å². The maximum atomic E-state index is 12.5. The lowest BCUT2D eigenvalue weighted by atomic mass is 10.1. The van der Waals surface area contributed by atoms with Gasteiger partial charge < -0.3 is 25.3 Å². The number of nitrogens with zero attached hydrogens (tertiary/aromatic N) is 2. The lowest BCUT2D eigenvalue weighted by Crippen LogP contribution is -2.37. The Morgan fingerprint density at radius 3 is 2.61 bits per heavy atom. The first-order valence-electron chi connectivity index (χ1n) is 10.1. The maximum Gasteiger partial charge on any atom is 0.259 e. The van der Waals surface area contributed by atoms with Gasteiger partial charge >= 0.3 is 0 Å². The summed E-state index contributed by atoms with van der Waals surface area (Å²) in [7, 11) is 0. The number of rotatable bonds is 10. The average molecular weight is 426 g/mol. The zero-order chi connectivity index (χ0) is 22.2. The van der Waals surface area contributed by atoms with E-state index in [2.05, 4.69) is 15.3 Å². The summed E-state index contributed by atoms with van der Waals surface area (Å²) >= 11 is 0. The molecule has 9 nitrogen and oxygen atoms in total. The summed E-state index contributed by atoms with van der Waals surface area (Å²) in [6.07, 6.45) is 0. The van der Waals surface area contributed by atoms with Gasteiger partial charge in [-0.15, -0.1) is 0 Å². The molecule has 3 aromatic rings. The Labute approximate surface area is 179 Å². The summed E-state index contributed by atoms with van der Waals surface area (Å²) in [5.74, 6) is 0.573. The highest BCUT2D eigenvalue weighted by molar-refractivity contribution is 5.93. The lowest BCUT2D eigenvalue weighted by molar-refractivity contribution is -0.117. The molecule has 31 heavy (non-hydrogen) atoms. The normalized spacial score (nSPS) is 11.1. The van der Waals surface area contributed by atoms with E-state index in [1.165, 1.54) is 0 Å². The third-order valence-electron chi connectivity index (χ3n) is 4.63. The smallest absolute Gasteiger partial charge is 0.259 e. The second-order valence-electron chi connectivity index (χ2n) is 6.85. The molecule has 1 amide bonds. The Hall–Kier alpha value is -3.27. The third kappa shape index (κ3) is 5.66. The minimum absolute atomic E-state index is 0.0225. The van der Waals surface area contributed by atoms with E-state index >= 15 is 0 Å². The second kappa shape index (κ2) is 10.7. The fourth-order valence-corrected chi connectivity index (χ4v) is 3.24. The minimum Gasteiger partial charge on any atom is -0.493 e. The molecule has 0 bridgehead atoms. The molecule has 0 saturated heterocycles. The van der Waals surface area contributed by atoms with Gasteiger partial charge in [0.1, 0.15) is 11.6 Å². The van der Waals surface area contributed by atoms with Crippen molar-refractivity contribution in [2.24, 2.45) is 0 Å². The molecule has 0 unspecified atom stereocenters. The largest absolute Gasteiger partial charge is 0.493 e. The SMILES string of the molecule is CCOc1ccc(NC(=O)CN(CCO)CCO)cc1-c1nc2ccccc2c(=O)[nH]1. The highest BCUT2D eigenvalue weighted by Gasteiger charge is 2.15. The van der Waals surface area contributed by atoms with Gasteiger partial charge in [-0.3, -0.25) is 14.5 Å². The van der Waals surface area contributed by atoms with Crippen molar-refractivity contribution < 1.29 is 19.7 Å². The molecule has 2 aromatic carbocycles. The van der Waals surface area contributed by atoms with Crippen LogP contribution in [0, 0.1) is 0 Å². The molecule has 9 heteroatoms. The zero-order valence-corrected chi connectivity index (χ0v) is 17.3. The molecule has 164 valence electrons. The Morgan fingerprint density at radius 1 is 1.16 bits per heavy atom. The third-order valence-corrected chi connectivity index (χ3v) is 4.63. The van der Waals surface area contributed by atoms with Crippen LogP contribution in [-0.2, 0) is 4.79 Å². The molecule has 0 aliphatic rings. The van der Waals surface area contributed by atoms with Gasteiger partial charge in [-0.25, -0.2) is 4.98 Å². The predicted octanol–water partition coefficient (Wildman–Crippen LogP) is 1.21. The topological polar surface area (TPSA) is 128 Å². The number of para-hydroxylation sites is 1. The van der Waals surface area contributed by atoms with E-state index in [4.69, 9.17) is 14.9 Å². The number of hydrogen-bond donors (Lipinski definition) is 4. The molecule has 1 aromatic heterocycles. The molecular weight excluding hydrogens is 400 g/mol. The first-order chi connectivity index (χ1) is 15.0. The fraction of sp³-hybridized carbons (Fsp3) is 0.318. The number of carbonyl (C=O) groups is 1. The average Bonchev–Trinajstić information content (AvgIpc) is 2.75. The number of nitrogens with one attached hydrogen (secondary N) is 2. The highest BCUT2D eigenvalue weighted by Crippen LogP contribution is 2.31. The Balaban J connectivity index is 1.91. The summed E-state index contributed by atoms with van der Waals surface area (Å²) in [5, 5.41) is 21.5. The molecule has 0 radical (unpaired) electrons. The fourth-order valence-electron chi connectivity index (χ4n) is 3.24. The van der Waals surface area contributed by atoms with E-state index in [0.717, 1.165) is 0 Å². The van der Waals surface area contributed by atoms with Gasteiger partial charge in [0.2, 0.25) is 5.91 Å². The van der Waals surface area contributed by atoms with Crippen LogP contribution in [-0.4, -0.2) is 70.4 Å². The zero-order valence-electron chi connectivity index (χ0n) is 17.3. The number of aliphatic hydroxyl groups excluding tert-OH is 2. The van der Waals surface area contributed by atoms with Crippen molar-refractivity contribution in [3.05, 3.63) is 52.8 Å². The number of carbonyl (C=O) groups excluding carboxylic acids is 1. The number of hydrogen-bond acceptors (Lipinski definition) is 7. The number of anilines is 1. The van der Waals surface area contributed by atoms with Crippen molar-refractivity contribution in [3.8, 4) is 17.1 Å². The predicted molar refractivity (Wildman–Crippen MR) is 118 cm³/mol. The van der Waals surface area contributed by atoms with Crippen LogP contribution in [0.25, 0.3) is 22.3 Å². The van der Waals surface area contributed by atoms with Crippen LogP contribution >= 0.6 is 0 Å². The van der Waals surface area contributed by atoms with Crippen molar-refractivity contribution in [3.63, 3.8) is 0 Å². The van der Waals surface area contributed by atoms with E-state index in [1.807, 2.05) is 13.0 Å². The summed E-state index contributed by atoms with van der Waals surface area (Å²) in [4.78, 5) is 33.9. The van der Waals surface area contributed by atoms with E-state index in [9.17, 15) is 9.59 Å². The van der Waals surface area contributed by atoms with E-state index in [0.29, 0.717) is 40.3 Å². The molecule has 0 aliphatic carbocycles. The molecule has 3 rings (SSSR count). The van der Waals surface area contributed by atoms with E-state index < -0.39 is 0 Å². The van der Waals surface area contributed by atoms with E-state index in [-0.39, 0.29) is 44.3 Å². The Kier molecular flexibility index (Phi) is 7.71. The summed E-state index contributed by atoms with van der Waals surface area (Å²) in [5.41, 5.74) is 1.35. The molecule has 0 fully saturated rings. The molecule has 1 heterocycles. The molecule has 0 atom stereocenters. The van der Waals surface area contributed by atoms with Crippen LogP contribution < -0.4 is 15.6 Å². The number of H-pyrrole nitrogens is 1. The highest BCUT2D eigenvalue weighted by atomic mass is 16.5. The van der Waals surface area contributed by atoms with Crippen molar-refractivity contribution in [2.75, 3.05) is 44.8 Å². The van der Waals surface area contributed by atoms with Gasteiger partial charge in [0.15, 0.2) is 0 Å². The number of aliphatic hydroxyl groups is 2. The van der Waals surface area contributed by atoms with Crippen LogP contribution in [0.3, 0.4) is 0 Å². The van der Waals surface area contributed by atoms with Crippen molar-refractivity contribution in [1.29, 1.82) is 0 Å². The summed E-state index contributed by atoms with van der Waals surface area (Å²) in [6.45, 7) is 2.65.